The molecule has 2 aliphatic heterocycles. The molecule has 3 heteroatoms. The summed E-state index contributed by atoms with van der Waals surface area (Å²) in [6.45, 7) is 0.0516. The molecule has 0 radical (unpaired) electrons. The van der Waals surface area contributed by atoms with E-state index in [0.717, 1.165) is 5.69 Å². The summed E-state index contributed by atoms with van der Waals surface area (Å²) >= 11 is 0. The Balaban J connectivity index is 1.25. The molecule has 57 heavy (non-hydrogen) atoms. The zero-order valence-corrected chi connectivity index (χ0v) is 31.2. The van der Waals surface area contributed by atoms with E-state index < -0.39 is 0 Å². The van der Waals surface area contributed by atoms with Gasteiger partial charge in [0, 0.05) is 39.2 Å². The Hall–Kier alpha value is -7.36. The fraction of sp³-hybridized carbons (Fsp3) is 0. The van der Waals surface area contributed by atoms with Crippen LogP contribution in [-0.2, 0) is 0 Å². The molecule has 0 amide bonds. The van der Waals surface area contributed by atoms with E-state index in [1.54, 1.807) is 0 Å². The number of aromatic nitrogens is 1. The molecule has 264 valence electrons. The van der Waals surface area contributed by atoms with Crippen molar-refractivity contribution in [3.05, 3.63) is 212 Å². The SMILES string of the molecule is c1ccc(-c2ccc(-c3cc4c5c(c3)-n3c(-c6ccccc6)c(-c6ccccc6)c6cccc(c63)B5c3ccccc3N4c3ccccc3)c3ccccc23)cc1. The molecule has 0 bridgehead atoms. The third kappa shape index (κ3) is 4.73. The van der Waals surface area contributed by atoms with E-state index in [2.05, 4.69) is 222 Å². The summed E-state index contributed by atoms with van der Waals surface area (Å²) in [7, 11) is 0. The first kappa shape index (κ1) is 31.9. The fourth-order valence-electron chi connectivity index (χ4n) is 9.87. The minimum absolute atomic E-state index is 0.0516. The minimum atomic E-state index is 0.0516. The van der Waals surface area contributed by atoms with E-state index in [1.165, 1.54) is 99.8 Å². The Morgan fingerprint density at radius 2 is 0.877 bits per heavy atom. The molecule has 0 saturated carbocycles. The van der Waals surface area contributed by atoms with Crippen LogP contribution >= 0.6 is 0 Å². The van der Waals surface area contributed by atoms with Gasteiger partial charge in [0.1, 0.15) is 0 Å². The third-order valence-corrected chi connectivity index (χ3v) is 12.2. The summed E-state index contributed by atoms with van der Waals surface area (Å²) in [5.41, 5.74) is 19.9. The molecule has 0 N–H and O–H groups in total. The van der Waals surface area contributed by atoms with Crippen molar-refractivity contribution in [3.63, 3.8) is 0 Å². The normalized spacial score (nSPS) is 12.5. The number of benzene rings is 9. The first-order chi connectivity index (χ1) is 28.3. The molecular formula is C54H35BN2. The lowest BCUT2D eigenvalue weighted by Crippen LogP contribution is -2.60. The first-order valence-corrected chi connectivity index (χ1v) is 19.8. The van der Waals surface area contributed by atoms with Gasteiger partial charge < -0.3 is 9.47 Å². The van der Waals surface area contributed by atoms with Crippen LogP contribution in [0.25, 0.3) is 72.0 Å². The van der Waals surface area contributed by atoms with E-state index >= 15 is 0 Å². The Morgan fingerprint density at radius 1 is 0.351 bits per heavy atom. The molecule has 0 atom stereocenters. The van der Waals surface area contributed by atoms with Crippen LogP contribution in [-0.4, -0.2) is 11.3 Å². The highest BCUT2D eigenvalue weighted by atomic mass is 15.2. The lowest BCUT2D eigenvalue weighted by Gasteiger charge is -2.41. The largest absolute Gasteiger partial charge is 0.311 e. The van der Waals surface area contributed by atoms with Gasteiger partial charge in [0.2, 0.25) is 0 Å². The van der Waals surface area contributed by atoms with E-state index in [-0.39, 0.29) is 6.71 Å². The van der Waals surface area contributed by atoms with Gasteiger partial charge in [0.25, 0.3) is 6.71 Å². The van der Waals surface area contributed by atoms with Gasteiger partial charge in [-0.25, -0.2) is 0 Å². The van der Waals surface area contributed by atoms with Crippen LogP contribution in [0, 0.1) is 0 Å². The Labute approximate surface area is 332 Å². The molecule has 9 aromatic carbocycles. The summed E-state index contributed by atoms with van der Waals surface area (Å²) in [5, 5.41) is 3.77. The highest BCUT2D eigenvalue weighted by Gasteiger charge is 2.43. The molecule has 10 aromatic rings. The van der Waals surface area contributed by atoms with Crippen molar-refractivity contribution >= 4 is 61.8 Å². The standard InChI is InChI=1S/C54H35BN2/c1-5-18-36(19-6-1)41-32-33-42(44-27-14-13-26-43(41)44)39-34-49-52-50(35-39)57-53(38-22-9-3-10-23-38)51(37-20-7-2-8-21-37)45-28-17-30-47(54(45)57)55(52)46-29-15-16-31-48(46)56(49)40-24-11-4-12-25-40/h1-35H. The van der Waals surface area contributed by atoms with Gasteiger partial charge in [-0.3, -0.25) is 0 Å². The van der Waals surface area contributed by atoms with Gasteiger partial charge >= 0.3 is 0 Å². The molecular weight excluding hydrogens is 687 g/mol. The van der Waals surface area contributed by atoms with Crippen LogP contribution < -0.4 is 21.3 Å². The first-order valence-electron chi connectivity index (χ1n) is 19.8. The zero-order valence-electron chi connectivity index (χ0n) is 31.2. The monoisotopic (exact) mass is 722 g/mol. The smallest absolute Gasteiger partial charge is 0.252 e. The summed E-state index contributed by atoms with van der Waals surface area (Å²) < 4.78 is 2.61. The van der Waals surface area contributed by atoms with E-state index in [1.807, 2.05) is 0 Å². The van der Waals surface area contributed by atoms with Crippen molar-refractivity contribution in [1.82, 2.24) is 4.57 Å². The van der Waals surface area contributed by atoms with Crippen LogP contribution in [0.5, 0.6) is 0 Å². The Kier molecular flexibility index (Phi) is 7.06. The maximum absolute atomic E-state index is 2.61. The molecule has 12 rings (SSSR count). The topological polar surface area (TPSA) is 8.17 Å². The number of hydrogen-bond acceptors (Lipinski definition) is 1. The maximum atomic E-state index is 2.61. The molecule has 3 heterocycles. The second-order valence-corrected chi connectivity index (χ2v) is 15.2. The summed E-state index contributed by atoms with van der Waals surface area (Å²) in [6.07, 6.45) is 0. The highest BCUT2D eigenvalue weighted by molar-refractivity contribution is 7.00. The molecule has 0 fully saturated rings. The van der Waals surface area contributed by atoms with Gasteiger partial charge in [0.15, 0.2) is 0 Å². The zero-order chi connectivity index (χ0) is 37.5. The molecule has 0 saturated heterocycles. The second kappa shape index (κ2) is 12.6. The Bertz CT molecular complexity index is 3170. The van der Waals surface area contributed by atoms with Crippen LogP contribution in [0.1, 0.15) is 0 Å². The molecule has 0 aliphatic carbocycles. The van der Waals surface area contributed by atoms with Crippen molar-refractivity contribution in [2.75, 3.05) is 4.90 Å². The second-order valence-electron chi connectivity index (χ2n) is 15.2. The van der Waals surface area contributed by atoms with Gasteiger partial charge in [-0.05, 0) is 90.9 Å². The molecule has 1 aromatic heterocycles. The van der Waals surface area contributed by atoms with Crippen molar-refractivity contribution < 1.29 is 0 Å². The van der Waals surface area contributed by atoms with Crippen molar-refractivity contribution in [1.29, 1.82) is 0 Å². The third-order valence-electron chi connectivity index (χ3n) is 12.2. The van der Waals surface area contributed by atoms with E-state index in [0.29, 0.717) is 0 Å². The Morgan fingerprint density at radius 3 is 1.58 bits per heavy atom. The van der Waals surface area contributed by atoms with E-state index in [9.17, 15) is 0 Å². The minimum Gasteiger partial charge on any atom is -0.311 e. The number of fused-ring (bicyclic) bond motifs is 5. The van der Waals surface area contributed by atoms with Crippen LogP contribution in [0.4, 0.5) is 17.1 Å². The van der Waals surface area contributed by atoms with Crippen molar-refractivity contribution in [2.45, 2.75) is 0 Å². The predicted molar refractivity (Wildman–Crippen MR) is 242 cm³/mol. The average molecular weight is 723 g/mol. The molecule has 2 aliphatic rings. The molecule has 0 unspecified atom stereocenters. The van der Waals surface area contributed by atoms with Gasteiger partial charge in [-0.15, -0.1) is 0 Å². The average Bonchev–Trinajstić information content (AvgIpc) is 3.64. The highest BCUT2D eigenvalue weighted by Crippen LogP contribution is 2.48. The van der Waals surface area contributed by atoms with Crippen molar-refractivity contribution in [3.8, 4) is 50.3 Å². The van der Waals surface area contributed by atoms with Crippen molar-refractivity contribution in [2.24, 2.45) is 0 Å². The van der Waals surface area contributed by atoms with Gasteiger partial charge in [-0.1, -0.05) is 182 Å². The number of para-hydroxylation sites is 3. The van der Waals surface area contributed by atoms with Crippen LogP contribution in [0.3, 0.4) is 0 Å². The number of nitrogens with zero attached hydrogens (tertiary/aromatic N) is 2. The number of rotatable bonds is 5. The predicted octanol–water partition coefficient (Wildman–Crippen LogP) is 12.1. The summed E-state index contributed by atoms with van der Waals surface area (Å²) in [6, 6.07) is 78.2. The van der Waals surface area contributed by atoms with Gasteiger partial charge in [0.05, 0.1) is 5.69 Å². The number of anilines is 3. The number of hydrogen-bond donors (Lipinski definition) is 0. The van der Waals surface area contributed by atoms with Crippen LogP contribution in [0.2, 0.25) is 0 Å². The summed E-state index contributed by atoms with van der Waals surface area (Å²) in [5.74, 6) is 0. The quantitative estimate of drug-likeness (QED) is 0.161. The fourth-order valence-corrected chi connectivity index (χ4v) is 9.87. The molecule has 0 spiro atoms. The summed E-state index contributed by atoms with van der Waals surface area (Å²) in [4.78, 5) is 2.50. The maximum Gasteiger partial charge on any atom is 0.252 e. The lowest BCUT2D eigenvalue weighted by molar-refractivity contribution is 1.14. The van der Waals surface area contributed by atoms with Gasteiger partial charge in [-0.2, -0.15) is 0 Å². The molecule has 2 nitrogen and oxygen atoms in total. The van der Waals surface area contributed by atoms with Crippen LogP contribution in [0.15, 0.2) is 212 Å². The lowest BCUT2D eigenvalue weighted by atomic mass is 9.33. The van der Waals surface area contributed by atoms with E-state index in [4.69, 9.17) is 0 Å².